The summed E-state index contributed by atoms with van der Waals surface area (Å²) in [6.45, 7) is 6.50. The van der Waals surface area contributed by atoms with Crippen molar-refractivity contribution in [2.45, 2.75) is 6.42 Å². The van der Waals surface area contributed by atoms with E-state index in [1.807, 2.05) is 24.3 Å². The van der Waals surface area contributed by atoms with E-state index in [1.165, 1.54) is 0 Å². The predicted molar refractivity (Wildman–Crippen MR) is 79.7 cm³/mol. The van der Waals surface area contributed by atoms with Crippen LogP contribution in [0, 0.1) is 0 Å². The number of benzene rings is 1. The van der Waals surface area contributed by atoms with E-state index < -0.39 is 0 Å². The Morgan fingerprint density at radius 3 is 2.75 bits per heavy atom. The smallest absolute Gasteiger partial charge is 0.243 e. The van der Waals surface area contributed by atoms with Gasteiger partial charge in [-0.1, -0.05) is 12.1 Å². The van der Waals surface area contributed by atoms with Crippen LogP contribution in [0.5, 0.6) is 0 Å². The third-order valence-electron chi connectivity index (χ3n) is 3.50. The van der Waals surface area contributed by atoms with Gasteiger partial charge in [0, 0.05) is 32.7 Å². The summed E-state index contributed by atoms with van der Waals surface area (Å²) >= 11 is 0. The predicted octanol–water partition coefficient (Wildman–Crippen LogP) is 0.732. The van der Waals surface area contributed by atoms with Gasteiger partial charge in [0.05, 0.1) is 5.52 Å². The SMILES string of the molecule is c1ccc2nc(NCCCN3CCNCC3)nnc2c1. The lowest BCUT2D eigenvalue weighted by Gasteiger charge is -2.27. The Labute approximate surface area is 118 Å². The zero-order valence-electron chi connectivity index (χ0n) is 11.5. The fourth-order valence-electron chi connectivity index (χ4n) is 2.39. The number of para-hydroxylation sites is 1. The molecule has 0 aliphatic carbocycles. The molecule has 2 N–H and O–H groups in total. The number of nitrogens with zero attached hydrogens (tertiary/aromatic N) is 4. The molecule has 1 aliphatic heterocycles. The summed E-state index contributed by atoms with van der Waals surface area (Å²) in [7, 11) is 0. The summed E-state index contributed by atoms with van der Waals surface area (Å²) in [5.41, 5.74) is 1.71. The monoisotopic (exact) mass is 272 g/mol. The zero-order valence-corrected chi connectivity index (χ0v) is 11.5. The first-order valence-corrected chi connectivity index (χ1v) is 7.18. The highest BCUT2D eigenvalue weighted by Gasteiger charge is 2.08. The number of anilines is 1. The van der Waals surface area contributed by atoms with Crippen molar-refractivity contribution < 1.29 is 0 Å². The minimum atomic E-state index is 0.615. The number of fused-ring (bicyclic) bond motifs is 1. The molecule has 3 rings (SSSR count). The molecule has 1 aromatic heterocycles. The van der Waals surface area contributed by atoms with Gasteiger partial charge in [0.2, 0.25) is 5.95 Å². The van der Waals surface area contributed by atoms with E-state index in [0.29, 0.717) is 5.95 Å². The van der Waals surface area contributed by atoms with Crippen LogP contribution in [-0.2, 0) is 0 Å². The quantitative estimate of drug-likeness (QED) is 0.782. The molecule has 0 unspecified atom stereocenters. The Morgan fingerprint density at radius 2 is 1.90 bits per heavy atom. The van der Waals surface area contributed by atoms with E-state index in [9.17, 15) is 0 Å². The molecule has 20 heavy (non-hydrogen) atoms. The largest absolute Gasteiger partial charge is 0.353 e. The number of rotatable bonds is 5. The van der Waals surface area contributed by atoms with E-state index in [0.717, 1.165) is 56.7 Å². The van der Waals surface area contributed by atoms with Crippen LogP contribution >= 0.6 is 0 Å². The number of nitrogens with one attached hydrogen (secondary N) is 2. The van der Waals surface area contributed by atoms with Crippen molar-refractivity contribution >= 4 is 17.0 Å². The van der Waals surface area contributed by atoms with E-state index in [1.54, 1.807) is 0 Å². The third kappa shape index (κ3) is 3.40. The van der Waals surface area contributed by atoms with E-state index in [2.05, 4.69) is 30.7 Å². The van der Waals surface area contributed by atoms with Gasteiger partial charge in [0.25, 0.3) is 0 Å². The van der Waals surface area contributed by atoms with Crippen LogP contribution in [0.25, 0.3) is 11.0 Å². The molecule has 1 fully saturated rings. The number of aromatic nitrogens is 3. The van der Waals surface area contributed by atoms with Gasteiger partial charge >= 0.3 is 0 Å². The van der Waals surface area contributed by atoms with Gasteiger partial charge in [-0.2, -0.15) is 0 Å². The Bertz CT molecular complexity index is 552. The highest BCUT2D eigenvalue weighted by Crippen LogP contribution is 2.08. The zero-order chi connectivity index (χ0) is 13.6. The maximum absolute atomic E-state index is 4.45. The summed E-state index contributed by atoms with van der Waals surface area (Å²) in [6.07, 6.45) is 1.09. The van der Waals surface area contributed by atoms with Crippen LogP contribution in [0.1, 0.15) is 6.42 Å². The topological polar surface area (TPSA) is 66.0 Å². The number of piperazine rings is 1. The molecule has 0 saturated carbocycles. The molecule has 2 aromatic rings. The van der Waals surface area contributed by atoms with Crippen molar-refractivity contribution in [3.05, 3.63) is 24.3 Å². The van der Waals surface area contributed by atoms with Gasteiger partial charge in [-0.05, 0) is 25.1 Å². The van der Waals surface area contributed by atoms with Crippen LogP contribution in [0.3, 0.4) is 0 Å². The van der Waals surface area contributed by atoms with Crippen LogP contribution < -0.4 is 10.6 Å². The first kappa shape index (κ1) is 13.2. The van der Waals surface area contributed by atoms with Crippen LogP contribution in [0.4, 0.5) is 5.95 Å². The van der Waals surface area contributed by atoms with Crippen molar-refractivity contribution in [1.29, 1.82) is 0 Å². The summed E-state index contributed by atoms with van der Waals surface area (Å²) in [4.78, 5) is 6.94. The Balaban J connectivity index is 1.47. The second-order valence-electron chi connectivity index (χ2n) is 5.00. The lowest BCUT2D eigenvalue weighted by molar-refractivity contribution is 0.240. The van der Waals surface area contributed by atoms with Crippen LogP contribution in [0.15, 0.2) is 24.3 Å². The second kappa shape index (κ2) is 6.58. The highest BCUT2D eigenvalue weighted by molar-refractivity contribution is 5.73. The molecular formula is C14H20N6. The normalized spacial score (nSPS) is 16.4. The Hall–Kier alpha value is -1.79. The molecule has 0 amide bonds. The van der Waals surface area contributed by atoms with Gasteiger partial charge < -0.3 is 15.5 Å². The summed E-state index contributed by atoms with van der Waals surface area (Å²) < 4.78 is 0. The Kier molecular flexibility index (Phi) is 4.35. The van der Waals surface area contributed by atoms with Crippen LogP contribution in [0.2, 0.25) is 0 Å². The summed E-state index contributed by atoms with van der Waals surface area (Å²) in [6, 6.07) is 7.78. The maximum Gasteiger partial charge on any atom is 0.243 e. The second-order valence-corrected chi connectivity index (χ2v) is 5.00. The lowest BCUT2D eigenvalue weighted by atomic mass is 10.3. The molecule has 1 saturated heterocycles. The third-order valence-corrected chi connectivity index (χ3v) is 3.50. The minimum Gasteiger partial charge on any atom is -0.353 e. The lowest BCUT2D eigenvalue weighted by Crippen LogP contribution is -2.44. The van der Waals surface area contributed by atoms with E-state index >= 15 is 0 Å². The maximum atomic E-state index is 4.45. The van der Waals surface area contributed by atoms with Crippen molar-refractivity contribution in [1.82, 2.24) is 25.4 Å². The van der Waals surface area contributed by atoms with E-state index in [-0.39, 0.29) is 0 Å². The molecule has 0 spiro atoms. The number of hydrogen-bond donors (Lipinski definition) is 2. The van der Waals surface area contributed by atoms with Crippen molar-refractivity contribution in [2.24, 2.45) is 0 Å². The highest BCUT2D eigenvalue weighted by atomic mass is 15.2. The minimum absolute atomic E-state index is 0.615. The number of hydrogen-bond acceptors (Lipinski definition) is 6. The molecule has 2 heterocycles. The summed E-state index contributed by atoms with van der Waals surface area (Å²) in [5.74, 6) is 0.615. The van der Waals surface area contributed by atoms with Crippen molar-refractivity contribution in [3.63, 3.8) is 0 Å². The fourth-order valence-corrected chi connectivity index (χ4v) is 2.39. The summed E-state index contributed by atoms with van der Waals surface area (Å²) in [5, 5.41) is 14.9. The van der Waals surface area contributed by atoms with Crippen molar-refractivity contribution in [3.8, 4) is 0 Å². The molecule has 6 nitrogen and oxygen atoms in total. The molecule has 6 heteroatoms. The average Bonchev–Trinajstić information content (AvgIpc) is 2.52. The molecule has 1 aliphatic rings. The fraction of sp³-hybridized carbons (Fsp3) is 0.500. The standard InChI is InChI=1S/C14H20N6/c1-2-5-13-12(4-1)17-14(19-18-13)16-6-3-9-20-10-7-15-8-11-20/h1-2,4-5,15H,3,6-11H2,(H,16,17,19). The molecule has 0 atom stereocenters. The molecule has 0 bridgehead atoms. The molecule has 1 aromatic carbocycles. The first-order chi connectivity index (χ1) is 9.92. The average molecular weight is 272 g/mol. The van der Waals surface area contributed by atoms with Gasteiger partial charge in [-0.3, -0.25) is 0 Å². The van der Waals surface area contributed by atoms with Gasteiger partial charge in [0.1, 0.15) is 5.52 Å². The van der Waals surface area contributed by atoms with Gasteiger partial charge in [-0.15, -0.1) is 10.2 Å². The first-order valence-electron chi connectivity index (χ1n) is 7.18. The molecule has 0 radical (unpaired) electrons. The van der Waals surface area contributed by atoms with Crippen LogP contribution in [-0.4, -0.2) is 59.3 Å². The van der Waals surface area contributed by atoms with Gasteiger partial charge in [-0.25, -0.2) is 4.98 Å². The Morgan fingerprint density at radius 1 is 1.10 bits per heavy atom. The van der Waals surface area contributed by atoms with Gasteiger partial charge in [0.15, 0.2) is 0 Å². The van der Waals surface area contributed by atoms with Crippen molar-refractivity contribution in [2.75, 3.05) is 44.6 Å². The van der Waals surface area contributed by atoms with E-state index in [4.69, 9.17) is 0 Å². The molecular weight excluding hydrogens is 252 g/mol. The molecule has 106 valence electrons.